The van der Waals surface area contributed by atoms with Crippen LogP contribution in [0.15, 0.2) is 36.0 Å². The molecule has 0 aliphatic rings. The van der Waals surface area contributed by atoms with Gasteiger partial charge in [-0.05, 0) is 50.0 Å². The molecule has 3 nitrogen and oxygen atoms in total. The second-order valence-electron chi connectivity index (χ2n) is 4.65. The highest BCUT2D eigenvalue weighted by Crippen LogP contribution is 2.19. The molecule has 0 amide bonds. The summed E-state index contributed by atoms with van der Waals surface area (Å²) in [5.74, 6) is 1.51. The van der Waals surface area contributed by atoms with Crippen LogP contribution in [-0.2, 0) is 12.8 Å². The Bertz CT molecular complexity index is 467. The van der Waals surface area contributed by atoms with Gasteiger partial charge in [-0.1, -0.05) is 12.1 Å². The Morgan fingerprint density at radius 3 is 2.63 bits per heavy atom. The molecule has 1 aromatic carbocycles. The number of aromatic nitrogens is 1. The van der Waals surface area contributed by atoms with Gasteiger partial charge in [-0.15, -0.1) is 11.3 Å². The minimum atomic E-state index is 0.596. The Balaban J connectivity index is 1.98. The summed E-state index contributed by atoms with van der Waals surface area (Å²) in [7, 11) is 3.70. The topological polar surface area (TPSA) is 34.1 Å². The first-order valence-corrected chi connectivity index (χ1v) is 7.34. The summed E-state index contributed by atoms with van der Waals surface area (Å²) in [6, 6.07) is 8.35. The quantitative estimate of drug-likeness (QED) is 0.844. The molecule has 0 saturated carbocycles. The summed E-state index contributed by atoms with van der Waals surface area (Å²) < 4.78 is 5.19. The van der Waals surface area contributed by atoms with Crippen LogP contribution in [0, 0.1) is 5.92 Å². The molecule has 0 fully saturated rings. The van der Waals surface area contributed by atoms with Gasteiger partial charge >= 0.3 is 0 Å². The second-order valence-corrected chi connectivity index (χ2v) is 5.62. The van der Waals surface area contributed by atoms with E-state index in [0.717, 1.165) is 25.1 Å². The third-order valence-corrected chi connectivity index (χ3v) is 3.95. The van der Waals surface area contributed by atoms with Crippen molar-refractivity contribution < 1.29 is 4.74 Å². The molecule has 0 radical (unpaired) electrons. The standard InChI is InChI=1S/C15H20N2OS/c1-16-9-13(8-15-10-17-11-19-15)7-12-3-5-14(18-2)6-4-12/h3-6,10-11,13,16H,7-9H2,1-2H3. The van der Waals surface area contributed by atoms with Gasteiger partial charge in [0.05, 0.1) is 12.6 Å². The van der Waals surface area contributed by atoms with Crippen molar-refractivity contribution in [2.75, 3.05) is 20.7 Å². The molecule has 1 unspecified atom stereocenters. The lowest BCUT2D eigenvalue weighted by molar-refractivity contribution is 0.414. The van der Waals surface area contributed by atoms with Crippen LogP contribution in [0.1, 0.15) is 10.4 Å². The number of rotatable bonds is 7. The molecule has 19 heavy (non-hydrogen) atoms. The first-order chi connectivity index (χ1) is 9.31. The van der Waals surface area contributed by atoms with Gasteiger partial charge in [0.2, 0.25) is 0 Å². The van der Waals surface area contributed by atoms with Crippen molar-refractivity contribution in [2.45, 2.75) is 12.8 Å². The van der Waals surface area contributed by atoms with Gasteiger partial charge in [0.1, 0.15) is 5.75 Å². The predicted octanol–water partition coefficient (Wildman–Crippen LogP) is 2.77. The monoisotopic (exact) mass is 276 g/mol. The van der Waals surface area contributed by atoms with Crippen molar-refractivity contribution in [2.24, 2.45) is 5.92 Å². The first kappa shape index (κ1) is 14.0. The highest BCUT2D eigenvalue weighted by Gasteiger charge is 2.11. The van der Waals surface area contributed by atoms with E-state index in [1.807, 2.05) is 30.9 Å². The number of nitrogens with one attached hydrogen (secondary N) is 1. The van der Waals surface area contributed by atoms with Gasteiger partial charge in [-0.2, -0.15) is 0 Å². The third-order valence-electron chi connectivity index (χ3n) is 3.15. The van der Waals surface area contributed by atoms with E-state index in [-0.39, 0.29) is 0 Å². The SMILES string of the molecule is CNCC(Cc1ccc(OC)cc1)Cc1cncs1. The van der Waals surface area contributed by atoms with E-state index in [9.17, 15) is 0 Å². The Morgan fingerprint density at radius 2 is 2.05 bits per heavy atom. The molecular weight excluding hydrogens is 256 g/mol. The Hall–Kier alpha value is -1.39. The van der Waals surface area contributed by atoms with Crippen molar-refractivity contribution >= 4 is 11.3 Å². The molecule has 0 saturated heterocycles. The summed E-state index contributed by atoms with van der Waals surface area (Å²) in [5, 5.41) is 3.28. The van der Waals surface area contributed by atoms with E-state index >= 15 is 0 Å². The van der Waals surface area contributed by atoms with Gasteiger partial charge in [-0.3, -0.25) is 4.98 Å². The van der Waals surface area contributed by atoms with Crippen LogP contribution < -0.4 is 10.1 Å². The van der Waals surface area contributed by atoms with Crippen molar-refractivity contribution in [1.82, 2.24) is 10.3 Å². The van der Waals surface area contributed by atoms with Crippen molar-refractivity contribution in [3.05, 3.63) is 46.4 Å². The van der Waals surface area contributed by atoms with Crippen LogP contribution in [0.4, 0.5) is 0 Å². The molecule has 0 spiro atoms. The lowest BCUT2D eigenvalue weighted by Crippen LogP contribution is -2.22. The van der Waals surface area contributed by atoms with Crippen molar-refractivity contribution in [3.8, 4) is 5.75 Å². The maximum atomic E-state index is 5.19. The molecule has 4 heteroatoms. The van der Waals surface area contributed by atoms with Crippen LogP contribution in [0.5, 0.6) is 5.75 Å². The molecule has 1 atom stereocenters. The van der Waals surface area contributed by atoms with Gasteiger partial charge in [0.15, 0.2) is 0 Å². The largest absolute Gasteiger partial charge is 0.497 e. The molecule has 0 aliphatic heterocycles. The van der Waals surface area contributed by atoms with Gasteiger partial charge in [-0.25, -0.2) is 0 Å². The molecule has 2 rings (SSSR count). The van der Waals surface area contributed by atoms with Crippen molar-refractivity contribution in [1.29, 1.82) is 0 Å². The maximum Gasteiger partial charge on any atom is 0.118 e. The summed E-state index contributed by atoms with van der Waals surface area (Å²) in [6.07, 6.45) is 4.13. The molecule has 1 heterocycles. The van der Waals surface area contributed by atoms with Crippen LogP contribution in [0.2, 0.25) is 0 Å². The van der Waals surface area contributed by atoms with Crippen LogP contribution >= 0.6 is 11.3 Å². The van der Waals surface area contributed by atoms with Crippen LogP contribution in [0.25, 0.3) is 0 Å². The average molecular weight is 276 g/mol. The molecule has 102 valence electrons. The number of benzene rings is 1. The normalized spacial score (nSPS) is 12.3. The zero-order valence-corrected chi connectivity index (χ0v) is 12.2. The molecular formula is C15H20N2OS. The van der Waals surface area contributed by atoms with E-state index in [1.54, 1.807) is 18.4 Å². The summed E-state index contributed by atoms with van der Waals surface area (Å²) in [6.45, 7) is 1.02. The molecule has 1 N–H and O–H groups in total. The first-order valence-electron chi connectivity index (χ1n) is 6.46. The zero-order chi connectivity index (χ0) is 13.5. The van der Waals surface area contributed by atoms with E-state index < -0.39 is 0 Å². The maximum absolute atomic E-state index is 5.19. The predicted molar refractivity (Wildman–Crippen MR) is 79.9 cm³/mol. The Morgan fingerprint density at radius 1 is 1.26 bits per heavy atom. The highest BCUT2D eigenvalue weighted by atomic mass is 32.1. The molecule has 1 aromatic heterocycles. The van der Waals surface area contributed by atoms with Gasteiger partial charge in [0.25, 0.3) is 0 Å². The van der Waals surface area contributed by atoms with Crippen molar-refractivity contribution in [3.63, 3.8) is 0 Å². The smallest absolute Gasteiger partial charge is 0.118 e. The summed E-state index contributed by atoms with van der Waals surface area (Å²) >= 11 is 1.73. The Kier molecular flexibility index (Phi) is 5.36. The van der Waals surface area contributed by atoms with Crippen LogP contribution in [0.3, 0.4) is 0 Å². The molecule has 2 aromatic rings. The number of methoxy groups -OCH3 is 1. The average Bonchev–Trinajstić information content (AvgIpc) is 2.93. The lowest BCUT2D eigenvalue weighted by atomic mass is 9.95. The van der Waals surface area contributed by atoms with Gasteiger partial charge in [0, 0.05) is 11.1 Å². The molecule has 0 bridgehead atoms. The number of ether oxygens (including phenoxy) is 1. The fourth-order valence-corrected chi connectivity index (χ4v) is 2.94. The second kappa shape index (κ2) is 7.26. The number of hydrogen-bond acceptors (Lipinski definition) is 4. The Labute approximate surface area is 118 Å². The fourth-order valence-electron chi connectivity index (χ4n) is 2.23. The van der Waals surface area contributed by atoms with E-state index in [0.29, 0.717) is 5.92 Å². The number of hydrogen-bond donors (Lipinski definition) is 1. The fraction of sp³-hybridized carbons (Fsp3) is 0.400. The highest BCUT2D eigenvalue weighted by molar-refractivity contribution is 7.09. The lowest BCUT2D eigenvalue weighted by Gasteiger charge is -2.15. The molecule has 0 aliphatic carbocycles. The minimum absolute atomic E-state index is 0.596. The third kappa shape index (κ3) is 4.33. The number of thiazole rings is 1. The zero-order valence-electron chi connectivity index (χ0n) is 11.4. The minimum Gasteiger partial charge on any atom is -0.497 e. The number of nitrogens with zero attached hydrogens (tertiary/aromatic N) is 1. The van der Waals surface area contributed by atoms with E-state index in [4.69, 9.17) is 4.74 Å². The summed E-state index contributed by atoms with van der Waals surface area (Å²) in [5.41, 5.74) is 3.25. The van der Waals surface area contributed by atoms with Crippen LogP contribution in [-0.4, -0.2) is 25.7 Å². The summed E-state index contributed by atoms with van der Waals surface area (Å²) in [4.78, 5) is 5.50. The van der Waals surface area contributed by atoms with E-state index in [1.165, 1.54) is 10.4 Å². The van der Waals surface area contributed by atoms with Gasteiger partial charge < -0.3 is 10.1 Å². The van der Waals surface area contributed by atoms with E-state index in [2.05, 4.69) is 22.4 Å².